The first-order valence-corrected chi connectivity index (χ1v) is 7.05. The van der Waals surface area contributed by atoms with Gasteiger partial charge < -0.3 is 0 Å². The Hall–Kier alpha value is -1.28. The molecule has 1 aromatic carbocycles. The van der Waals surface area contributed by atoms with Crippen molar-refractivity contribution < 1.29 is 22.5 Å². The molecule has 0 unspecified atom stereocenters. The molecule has 110 valence electrons. The topological polar surface area (TPSA) is 54.4 Å². The molecule has 0 spiro atoms. The summed E-state index contributed by atoms with van der Waals surface area (Å²) in [7, 11) is 6.28. The zero-order valence-corrected chi connectivity index (χ0v) is 11.8. The summed E-state index contributed by atoms with van der Waals surface area (Å²) in [5, 5.41) is 11.2. The lowest BCUT2D eigenvalue weighted by Crippen LogP contribution is -2.09. The van der Waals surface area contributed by atoms with Gasteiger partial charge in [-0.2, -0.15) is 13.2 Å². The van der Waals surface area contributed by atoms with Crippen LogP contribution in [0.5, 0.6) is 0 Å². The predicted molar refractivity (Wildman–Crippen MR) is 70.8 cm³/mol. The number of alkyl halides is 3. The van der Waals surface area contributed by atoms with Crippen LogP contribution in [0.1, 0.15) is 18.1 Å². The smallest absolute Gasteiger partial charge is 0.258 e. The first-order valence-electron chi connectivity index (χ1n) is 5.41. The minimum absolute atomic E-state index is 0.0313. The van der Waals surface area contributed by atoms with Gasteiger partial charge in [-0.25, -0.2) is 0 Å². The average Bonchev–Trinajstić information content (AvgIpc) is 2.36. The Morgan fingerprint density at radius 3 is 2.60 bits per heavy atom. The van der Waals surface area contributed by atoms with Crippen LogP contribution in [0.2, 0.25) is 0 Å². The zero-order chi connectivity index (χ0) is 15.3. The summed E-state index contributed by atoms with van der Waals surface area (Å²) in [6, 6.07) is 2.37. The molecule has 0 aliphatic rings. The lowest BCUT2D eigenvalue weighted by molar-refractivity contribution is -0.450. The summed E-state index contributed by atoms with van der Waals surface area (Å²) in [6.45, 7) is 2.01. The van der Waals surface area contributed by atoms with Crippen LogP contribution in [0, 0.1) is 10.1 Å². The molecule has 0 atom stereocenters. The van der Waals surface area contributed by atoms with Gasteiger partial charge in [0.25, 0.3) is 12.3 Å². The Morgan fingerprint density at radius 2 is 2.15 bits per heavy atom. The molecule has 0 heterocycles. The minimum Gasteiger partial charge on any atom is -0.258 e. The highest BCUT2D eigenvalue weighted by atomic mass is 35.7. The van der Waals surface area contributed by atoms with Crippen molar-refractivity contribution in [1.82, 2.24) is 0 Å². The largest absolute Gasteiger partial charge is 0.416 e. The van der Waals surface area contributed by atoms with Crippen LogP contribution in [0.25, 0.3) is 0 Å². The van der Waals surface area contributed by atoms with Gasteiger partial charge in [-0.1, -0.05) is 6.07 Å². The van der Waals surface area contributed by atoms with Crippen LogP contribution in [-0.2, 0) is 17.0 Å². The van der Waals surface area contributed by atoms with E-state index in [0.717, 1.165) is 23.1 Å². The molecule has 0 aliphatic carbocycles. The Balaban J connectivity index is 3.21. The summed E-state index contributed by atoms with van der Waals surface area (Å²) in [4.78, 5) is 10.0. The van der Waals surface area contributed by atoms with Gasteiger partial charge in [0, 0.05) is 18.6 Å². The van der Waals surface area contributed by atoms with Crippen molar-refractivity contribution in [2.24, 2.45) is 0 Å². The number of rotatable bonds is 4. The molecule has 0 aromatic heterocycles. The molecule has 0 fully saturated rings. The van der Waals surface area contributed by atoms with Crippen molar-refractivity contribution in [3.05, 3.63) is 39.4 Å². The molecule has 0 N–H and O–H groups in total. The molecule has 0 saturated heterocycles. The van der Waals surface area contributed by atoms with E-state index in [4.69, 9.17) is 15.1 Å². The lowest BCUT2D eigenvalue weighted by Gasteiger charge is -2.07. The van der Waals surface area contributed by atoms with Crippen LogP contribution < -0.4 is 0 Å². The van der Waals surface area contributed by atoms with Crippen molar-refractivity contribution in [3.8, 4) is 0 Å². The summed E-state index contributed by atoms with van der Waals surface area (Å²) in [5.41, 5.74) is -1.56. The van der Waals surface area contributed by atoms with Crippen molar-refractivity contribution in [2.45, 2.75) is 19.5 Å². The number of nitrogens with zero attached hydrogens (tertiary/aromatic N) is 1. The molecular weight excluding hydrogens is 319 g/mol. The maximum atomic E-state index is 12.5. The second-order valence-corrected chi connectivity index (χ2v) is 4.73. The van der Waals surface area contributed by atoms with Crippen LogP contribution in [-0.4, -0.2) is 16.6 Å². The SMILES string of the molecule is CC[O+]=C(Cc1ccc(C(F)(F)F)cc1[N+](=O)[O-])SCl. The van der Waals surface area contributed by atoms with Gasteiger partial charge in [0.2, 0.25) is 0 Å². The number of benzene rings is 1. The van der Waals surface area contributed by atoms with Gasteiger partial charge in [0.05, 0.1) is 21.5 Å². The van der Waals surface area contributed by atoms with Gasteiger partial charge in [0.1, 0.15) is 6.42 Å². The van der Waals surface area contributed by atoms with E-state index in [1.54, 1.807) is 6.92 Å². The van der Waals surface area contributed by atoms with Crippen LogP contribution in [0.15, 0.2) is 18.2 Å². The van der Waals surface area contributed by atoms with Gasteiger partial charge in [0.15, 0.2) is 0 Å². The molecule has 1 aromatic rings. The highest BCUT2D eigenvalue weighted by Crippen LogP contribution is 2.33. The van der Waals surface area contributed by atoms with Gasteiger partial charge in [-0.3, -0.25) is 14.5 Å². The number of carbonyl (C=O) groups excluding carboxylic acids is 1. The number of hydrogen-bond donors (Lipinski definition) is 0. The van der Waals surface area contributed by atoms with Crippen molar-refractivity contribution in [1.29, 1.82) is 0 Å². The van der Waals surface area contributed by atoms with Gasteiger partial charge >= 0.3 is 11.3 Å². The Morgan fingerprint density at radius 1 is 1.50 bits per heavy atom. The molecule has 0 saturated carbocycles. The van der Waals surface area contributed by atoms with E-state index in [2.05, 4.69) is 0 Å². The maximum absolute atomic E-state index is 12.5. The van der Waals surface area contributed by atoms with E-state index in [9.17, 15) is 23.3 Å². The predicted octanol–water partition coefficient (Wildman–Crippen LogP) is 4.13. The minimum atomic E-state index is -4.63. The van der Waals surface area contributed by atoms with Crippen molar-refractivity contribution in [3.63, 3.8) is 0 Å². The third-order valence-electron chi connectivity index (χ3n) is 2.34. The van der Waals surface area contributed by atoms with E-state index in [-0.39, 0.29) is 17.1 Å². The lowest BCUT2D eigenvalue weighted by atomic mass is 10.1. The summed E-state index contributed by atoms with van der Waals surface area (Å²) >= 11 is 0. The van der Waals surface area contributed by atoms with Crippen molar-refractivity contribution in [2.75, 3.05) is 6.61 Å². The molecule has 4 nitrogen and oxygen atoms in total. The van der Waals surface area contributed by atoms with E-state index in [0.29, 0.717) is 12.7 Å². The normalized spacial score (nSPS) is 12.6. The summed E-state index contributed by atoms with van der Waals surface area (Å²) in [5.74, 6) is 0. The standard InChI is InChI=1S/C11H10ClF3NO3S/c1-2-19-10(20-12)5-7-3-4-8(11(13,14)15)6-9(7)16(17)18/h3-4,6H,2,5H2,1H3/q+1. The highest BCUT2D eigenvalue weighted by molar-refractivity contribution is 8.32. The molecule has 20 heavy (non-hydrogen) atoms. The third kappa shape index (κ3) is 4.38. The van der Waals surface area contributed by atoms with Gasteiger partial charge in [-0.15, -0.1) is 0 Å². The number of hydrogen-bond acceptors (Lipinski definition) is 3. The molecular formula is C11H10ClF3NO3S+. The zero-order valence-electron chi connectivity index (χ0n) is 10.2. The van der Waals surface area contributed by atoms with Crippen LogP contribution in [0.3, 0.4) is 0 Å². The Labute approximate surface area is 121 Å². The van der Waals surface area contributed by atoms with E-state index < -0.39 is 22.4 Å². The fraction of sp³-hybridized carbons (Fsp3) is 0.364. The summed E-state index contributed by atoms with van der Waals surface area (Å²) in [6.07, 6.45) is -4.66. The number of nitro groups is 1. The highest BCUT2D eigenvalue weighted by Gasteiger charge is 2.33. The average molecular weight is 329 g/mol. The number of nitro benzene ring substituents is 1. The quantitative estimate of drug-likeness (QED) is 0.474. The van der Waals surface area contributed by atoms with Gasteiger partial charge in [-0.05, 0) is 16.7 Å². The second kappa shape index (κ2) is 6.94. The third-order valence-corrected chi connectivity index (χ3v) is 3.29. The molecule has 0 radical (unpaired) electrons. The first-order chi connectivity index (χ1) is 9.29. The van der Waals surface area contributed by atoms with Crippen molar-refractivity contribution >= 4 is 32.5 Å². The monoisotopic (exact) mass is 328 g/mol. The molecule has 9 heteroatoms. The molecule has 0 aliphatic heterocycles. The first kappa shape index (κ1) is 16.8. The maximum Gasteiger partial charge on any atom is 0.416 e. The van der Waals surface area contributed by atoms with E-state index in [1.807, 2.05) is 0 Å². The second-order valence-electron chi connectivity index (χ2n) is 3.66. The van der Waals surface area contributed by atoms with E-state index in [1.165, 1.54) is 0 Å². The van der Waals surface area contributed by atoms with Crippen LogP contribution in [0.4, 0.5) is 18.9 Å². The van der Waals surface area contributed by atoms with E-state index >= 15 is 0 Å². The fourth-order valence-electron chi connectivity index (χ4n) is 1.48. The fourth-order valence-corrected chi connectivity index (χ4v) is 2.15. The van der Waals surface area contributed by atoms with Crippen LogP contribution >= 0.6 is 21.7 Å². The number of halogens is 4. The molecule has 0 amide bonds. The Bertz CT molecular complexity index is 534. The summed E-state index contributed by atoms with van der Waals surface area (Å²) < 4.78 is 42.7. The molecule has 1 rings (SSSR count). The molecule has 0 bridgehead atoms. The Kier molecular flexibility index (Phi) is 5.82.